The first-order valence-corrected chi connectivity index (χ1v) is 8.04. The third-order valence-corrected chi connectivity index (χ3v) is 4.11. The van der Waals surface area contributed by atoms with E-state index in [0.29, 0.717) is 0 Å². The summed E-state index contributed by atoms with van der Waals surface area (Å²) in [7, 11) is 2.14. The summed E-state index contributed by atoms with van der Waals surface area (Å²) in [5.74, 6) is 0.860. The van der Waals surface area contributed by atoms with Gasteiger partial charge in [0.15, 0.2) is 5.13 Å². The van der Waals surface area contributed by atoms with Gasteiger partial charge in [-0.1, -0.05) is 6.92 Å². The molecule has 0 aromatic carbocycles. The monoisotopic (exact) mass is 283 g/mol. The summed E-state index contributed by atoms with van der Waals surface area (Å²) in [6.45, 7) is 6.90. The molecule has 5 heteroatoms. The Kier molecular flexibility index (Phi) is 6.07. The molecule has 0 atom stereocenters. The zero-order chi connectivity index (χ0) is 13.5. The molecule has 1 aliphatic rings. The zero-order valence-corrected chi connectivity index (χ0v) is 12.8. The second-order valence-electron chi connectivity index (χ2n) is 5.31. The molecule has 1 N–H and O–H groups in total. The van der Waals surface area contributed by atoms with Crippen LogP contribution in [0.25, 0.3) is 0 Å². The molecule has 0 saturated heterocycles. The molecule has 1 heterocycles. The van der Waals surface area contributed by atoms with Crippen molar-refractivity contribution in [1.29, 1.82) is 0 Å². The molecule has 4 nitrogen and oxygen atoms in total. The third kappa shape index (κ3) is 5.89. The van der Waals surface area contributed by atoms with Gasteiger partial charge < -0.3 is 10.1 Å². The van der Waals surface area contributed by atoms with Crippen LogP contribution in [0.15, 0.2) is 6.20 Å². The van der Waals surface area contributed by atoms with Crippen LogP contribution in [-0.2, 0) is 11.3 Å². The second kappa shape index (κ2) is 7.82. The lowest BCUT2D eigenvalue weighted by molar-refractivity contribution is 0.102. The number of nitrogens with one attached hydrogen (secondary N) is 1. The first kappa shape index (κ1) is 14.8. The van der Waals surface area contributed by atoms with E-state index in [1.807, 2.05) is 6.20 Å². The van der Waals surface area contributed by atoms with Crippen LogP contribution in [0.2, 0.25) is 0 Å². The van der Waals surface area contributed by atoms with Crippen molar-refractivity contribution in [2.75, 3.05) is 38.7 Å². The maximum absolute atomic E-state index is 5.66. The van der Waals surface area contributed by atoms with Gasteiger partial charge in [0.2, 0.25) is 0 Å². The molecule has 0 unspecified atom stereocenters. The van der Waals surface area contributed by atoms with Crippen LogP contribution in [0, 0.1) is 5.92 Å². The van der Waals surface area contributed by atoms with Crippen LogP contribution in [0.1, 0.15) is 31.1 Å². The number of hydrogen-bond acceptors (Lipinski definition) is 5. The Hall–Kier alpha value is -0.650. The van der Waals surface area contributed by atoms with Gasteiger partial charge >= 0.3 is 0 Å². The van der Waals surface area contributed by atoms with E-state index in [1.54, 1.807) is 11.3 Å². The lowest BCUT2D eigenvalue weighted by atomic mass is 10.4. The summed E-state index contributed by atoms with van der Waals surface area (Å²) in [6, 6.07) is 0. The Labute approximate surface area is 120 Å². The molecule has 1 fully saturated rings. The maximum atomic E-state index is 5.66. The molecule has 0 bridgehead atoms. The molecule has 1 saturated carbocycles. The normalized spacial score (nSPS) is 15.1. The molecule has 2 rings (SSSR count). The fourth-order valence-electron chi connectivity index (χ4n) is 1.79. The zero-order valence-electron chi connectivity index (χ0n) is 12.0. The predicted octanol–water partition coefficient (Wildman–Crippen LogP) is 2.82. The number of anilines is 1. The minimum absolute atomic E-state index is 0.840. The van der Waals surface area contributed by atoms with E-state index in [2.05, 4.69) is 29.2 Å². The molecule has 108 valence electrons. The SMILES string of the molecule is CCCNc1ncc(CN(C)CCOCC2CC2)s1. The number of hydrogen-bond donors (Lipinski definition) is 1. The highest BCUT2D eigenvalue weighted by Gasteiger charge is 2.20. The Bertz CT molecular complexity index is 365. The fraction of sp³-hybridized carbons (Fsp3) is 0.786. The Balaban J connectivity index is 1.60. The van der Waals surface area contributed by atoms with E-state index in [-0.39, 0.29) is 0 Å². The van der Waals surface area contributed by atoms with Gasteiger partial charge in [-0.05, 0) is 32.2 Å². The largest absolute Gasteiger partial charge is 0.380 e. The molecule has 0 spiro atoms. The van der Waals surface area contributed by atoms with Crippen molar-refractivity contribution >= 4 is 16.5 Å². The van der Waals surface area contributed by atoms with Crippen LogP contribution in [0.4, 0.5) is 5.13 Å². The quantitative estimate of drug-likeness (QED) is 0.670. The first-order valence-electron chi connectivity index (χ1n) is 7.22. The number of ether oxygens (including phenoxy) is 1. The molecule has 1 aromatic heterocycles. The lowest BCUT2D eigenvalue weighted by Gasteiger charge is -2.15. The van der Waals surface area contributed by atoms with Crippen LogP contribution < -0.4 is 5.32 Å². The average molecular weight is 283 g/mol. The number of nitrogens with zero attached hydrogens (tertiary/aromatic N) is 2. The lowest BCUT2D eigenvalue weighted by Crippen LogP contribution is -2.22. The topological polar surface area (TPSA) is 37.4 Å². The Morgan fingerprint density at radius 3 is 3.11 bits per heavy atom. The van der Waals surface area contributed by atoms with E-state index >= 15 is 0 Å². The maximum Gasteiger partial charge on any atom is 0.182 e. The van der Waals surface area contributed by atoms with Crippen molar-refractivity contribution in [2.45, 2.75) is 32.7 Å². The third-order valence-electron chi connectivity index (χ3n) is 3.17. The number of aromatic nitrogens is 1. The van der Waals surface area contributed by atoms with Crippen molar-refractivity contribution in [3.63, 3.8) is 0 Å². The Morgan fingerprint density at radius 1 is 1.53 bits per heavy atom. The fourth-order valence-corrected chi connectivity index (χ4v) is 2.71. The Morgan fingerprint density at radius 2 is 2.37 bits per heavy atom. The molecule has 0 aliphatic heterocycles. The summed E-state index contributed by atoms with van der Waals surface area (Å²) >= 11 is 1.75. The van der Waals surface area contributed by atoms with Gasteiger partial charge in [-0.25, -0.2) is 4.98 Å². The number of thiazole rings is 1. The minimum atomic E-state index is 0.840. The second-order valence-corrected chi connectivity index (χ2v) is 6.43. The van der Waals surface area contributed by atoms with Gasteiger partial charge in [-0.2, -0.15) is 0 Å². The predicted molar refractivity (Wildman–Crippen MR) is 80.8 cm³/mol. The summed E-state index contributed by atoms with van der Waals surface area (Å²) in [5.41, 5.74) is 0. The molecule has 1 aliphatic carbocycles. The highest BCUT2D eigenvalue weighted by molar-refractivity contribution is 7.15. The van der Waals surface area contributed by atoms with Crippen molar-refractivity contribution < 1.29 is 4.74 Å². The average Bonchev–Trinajstić information content (AvgIpc) is 3.12. The first-order chi connectivity index (χ1) is 9.28. The van der Waals surface area contributed by atoms with Crippen LogP contribution in [-0.4, -0.2) is 43.2 Å². The van der Waals surface area contributed by atoms with Gasteiger partial charge in [0.25, 0.3) is 0 Å². The van der Waals surface area contributed by atoms with Gasteiger partial charge in [0.1, 0.15) is 0 Å². The van der Waals surface area contributed by atoms with Crippen LogP contribution >= 0.6 is 11.3 Å². The van der Waals surface area contributed by atoms with E-state index in [9.17, 15) is 0 Å². The molecule has 0 amide bonds. The van der Waals surface area contributed by atoms with Crippen molar-refractivity contribution in [1.82, 2.24) is 9.88 Å². The molecular formula is C14H25N3OS. The number of rotatable bonds is 10. The smallest absolute Gasteiger partial charge is 0.182 e. The van der Waals surface area contributed by atoms with Gasteiger partial charge in [-0.3, -0.25) is 4.90 Å². The van der Waals surface area contributed by atoms with E-state index in [0.717, 1.165) is 50.3 Å². The van der Waals surface area contributed by atoms with Crippen molar-refractivity contribution in [3.05, 3.63) is 11.1 Å². The summed E-state index contributed by atoms with van der Waals surface area (Å²) in [4.78, 5) is 7.99. The van der Waals surface area contributed by atoms with E-state index in [1.165, 1.54) is 17.7 Å². The minimum Gasteiger partial charge on any atom is -0.380 e. The molecule has 1 aromatic rings. The highest BCUT2D eigenvalue weighted by atomic mass is 32.1. The molecular weight excluding hydrogens is 258 g/mol. The van der Waals surface area contributed by atoms with Gasteiger partial charge in [0.05, 0.1) is 6.61 Å². The van der Waals surface area contributed by atoms with Gasteiger partial charge in [0, 0.05) is 37.3 Å². The van der Waals surface area contributed by atoms with Crippen molar-refractivity contribution in [2.24, 2.45) is 5.92 Å². The summed E-state index contributed by atoms with van der Waals surface area (Å²) in [5, 5.41) is 4.36. The van der Waals surface area contributed by atoms with Crippen molar-refractivity contribution in [3.8, 4) is 0 Å². The molecule has 0 radical (unpaired) electrons. The van der Waals surface area contributed by atoms with E-state index in [4.69, 9.17) is 4.74 Å². The molecule has 19 heavy (non-hydrogen) atoms. The van der Waals surface area contributed by atoms with Crippen LogP contribution in [0.5, 0.6) is 0 Å². The summed E-state index contributed by atoms with van der Waals surface area (Å²) in [6.07, 6.45) is 5.84. The van der Waals surface area contributed by atoms with E-state index < -0.39 is 0 Å². The van der Waals surface area contributed by atoms with Gasteiger partial charge in [-0.15, -0.1) is 11.3 Å². The number of likely N-dealkylation sites (N-methyl/N-ethyl adjacent to an activating group) is 1. The standard InChI is InChI=1S/C14H25N3OS/c1-3-6-15-14-16-9-13(19-14)10-17(2)7-8-18-11-12-4-5-12/h9,12H,3-8,10-11H2,1-2H3,(H,15,16). The summed E-state index contributed by atoms with van der Waals surface area (Å²) < 4.78 is 5.66. The highest BCUT2D eigenvalue weighted by Crippen LogP contribution is 2.28. The van der Waals surface area contributed by atoms with Crippen LogP contribution in [0.3, 0.4) is 0 Å².